The fraction of sp³-hybridized carbons (Fsp3) is 0.500. The van der Waals surface area contributed by atoms with Gasteiger partial charge in [0.1, 0.15) is 6.54 Å². The Bertz CT molecular complexity index is 708. The first-order chi connectivity index (χ1) is 10.0. The van der Waals surface area contributed by atoms with Crippen molar-refractivity contribution in [2.24, 2.45) is 11.8 Å². The van der Waals surface area contributed by atoms with E-state index in [0.717, 1.165) is 23.3 Å². The molecule has 21 heavy (non-hydrogen) atoms. The third-order valence-electron chi connectivity index (χ3n) is 4.11. The zero-order valence-corrected chi connectivity index (χ0v) is 13.2. The molecule has 0 N–H and O–H groups in total. The summed E-state index contributed by atoms with van der Waals surface area (Å²) in [4.78, 5) is 26.3. The fourth-order valence-electron chi connectivity index (χ4n) is 3.28. The largest absolute Gasteiger partial charge is 0.341 e. The molecule has 2 unspecified atom stereocenters. The van der Waals surface area contributed by atoms with Gasteiger partial charge in [-0.25, -0.2) is 0 Å². The normalized spacial score (nSPS) is 22.7. The van der Waals surface area contributed by atoms with Gasteiger partial charge in [0.2, 0.25) is 5.91 Å². The van der Waals surface area contributed by atoms with Gasteiger partial charge in [-0.15, -0.1) is 11.3 Å². The van der Waals surface area contributed by atoms with Gasteiger partial charge in [-0.1, -0.05) is 13.8 Å². The van der Waals surface area contributed by atoms with Gasteiger partial charge in [0.25, 0.3) is 0 Å². The summed E-state index contributed by atoms with van der Waals surface area (Å²) in [6.45, 7) is 6.40. The third kappa shape index (κ3) is 2.88. The van der Waals surface area contributed by atoms with Crippen molar-refractivity contribution < 1.29 is 4.79 Å². The number of rotatable bonds is 2. The summed E-state index contributed by atoms with van der Waals surface area (Å²) in [7, 11) is 0. The molecule has 0 aromatic carbocycles. The summed E-state index contributed by atoms with van der Waals surface area (Å²) in [6.07, 6.45) is 2.92. The summed E-state index contributed by atoms with van der Waals surface area (Å²) in [5, 5.41) is 1.90. The van der Waals surface area contributed by atoms with Gasteiger partial charge in [-0.3, -0.25) is 9.59 Å². The lowest BCUT2D eigenvalue weighted by Gasteiger charge is -2.35. The molecular weight excluding hydrogens is 284 g/mol. The zero-order chi connectivity index (χ0) is 15.0. The predicted molar refractivity (Wildman–Crippen MR) is 85.6 cm³/mol. The van der Waals surface area contributed by atoms with Gasteiger partial charge in [-0.05, 0) is 29.7 Å². The molecule has 0 saturated carbocycles. The number of thiophene rings is 1. The highest BCUT2D eigenvalue weighted by Crippen LogP contribution is 2.22. The standard InChI is InChI=1S/C16H20N2O2S/c1-11-7-12(2)9-18(8-11)15(20)10-17-5-3-14(19)16-13(17)4-6-21-16/h3-6,11-12H,7-10H2,1-2H3. The van der Waals surface area contributed by atoms with Crippen LogP contribution in [0.4, 0.5) is 0 Å². The topological polar surface area (TPSA) is 42.3 Å². The average molecular weight is 304 g/mol. The first-order valence-corrected chi connectivity index (χ1v) is 8.27. The molecular formula is C16H20N2O2S. The Morgan fingerprint density at radius 3 is 2.71 bits per heavy atom. The molecule has 1 aliphatic heterocycles. The smallest absolute Gasteiger partial charge is 0.242 e. The van der Waals surface area contributed by atoms with Gasteiger partial charge in [0, 0.05) is 25.4 Å². The van der Waals surface area contributed by atoms with Crippen molar-refractivity contribution in [2.75, 3.05) is 13.1 Å². The Balaban J connectivity index is 1.82. The minimum absolute atomic E-state index is 0.0314. The van der Waals surface area contributed by atoms with E-state index >= 15 is 0 Å². The number of nitrogens with zero attached hydrogens (tertiary/aromatic N) is 2. The lowest BCUT2D eigenvalue weighted by Crippen LogP contribution is -2.44. The number of piperidine rings is 1. The number of hydrogen-bond donors (Lipinski definition) is 0. The molecule has 0 spiro atoms. The van der Waals surface area contributed by atoms with Gasteiger partial charge in [0.15, 0.2) is 5.43 Å². The second-order valence-electron chi connectivity index (χ2n) is 6.19. The van der Waals surface area contributed by atoms with Gasteiger partial charge in [-0.2, -0.15) is 0 Å². The maximum Gasteiger partial charge on any atom is 0.242 e. The van der Waals surface area contributed by atoms with Crippen LogP contribution in [0.5, 0.6) is 0 Å². The van der Waals surface area contributed by atoms with E-state index < -0.39 is 0 Å². The van der Waals surface area contributed by atoms with Crippen LogP contribution in [0.15, 0.2) is 28.5 Å². The van der Waals surface area contributed by atoms with Crippen molar-refractivity contribution in [3.8, 4) is 0 Å². The van der Waals surface area contributed by atoms with Gasteiger partial charge < -0.3 is 9.47 Å². The van der Waals surface area contributed by atoms with E-state index in [-0.39, 0.29) is 11.3 Å². The molecule has 1 saturated heterocycles. The van der Waals surface area contributed by atoms with E-state index in [4.69, 9.17) is 0 Å². The van der Waals surface area contributed by atoms with Crippen LogP contribution >= 0.6 is 11.3 Å². The van der Waals surface area contributed by atoms with Crippen molar-refractivity contribution >= 4 is 27.5 Å². The monoisotopic (exact) mass is 304 g/mol. The van der Waals surface area contributed by atoms with Crippen LogP contribution in [0.25, 0.3) is 10.2 Å². The van der Waals surface area contributed by atoms with Crippen LogP contribution in [-0.4, -0.2) is 28.5 Å². The molecule has 5 heteroatoms. The predicted octanol–water partition coefficient (Wildman–Crippen LogP) is 2.57. The van der Waals surface area contributed by atoms with Crippen LogP contribution < -0.4 is 5.43 Å². The quantitative estimate of drug-likeness (QED) is 0.856. The molecule has 3 heterocycles. The van der Waals surface area contributed by atoms with E-state index in [1.54, 1.807) is 12.3 Å². The van der Waals surface area contributed by atoms with Crippen molar-refractivity contribution in [3.63, 3.8) is 0 Å². The number of likely N-dealkylation sites (tertiary alicyclic amines) is 1. The SMILES string of the molecule is CC1CC(C)CN(C(=O)Cn2ccc(=O)c3sccc32)C1. The van der Waals surface area contributed by atoms with E-state index in [1.807, 2.05) is 20.9 Å². The second-order valence-corrected chi connectivity index (χ2v) is 7.10. The molecule has 3 rings (SSSR count). The lowest BCUT2D eigenvalue weighted by molar-refractivity contribution is -0.134. The highest BCUT2D eigenvalue weighted by Gasteiger charge is 2.25. The van der Waals surface area contributed by atoms with Crippen LogP contribution in [0.1, 0.15) is 20.3 Å². The zero-order valence-electron chi connectivity index (χ0n) is 12.4. The van der Waals surface area contributed by atoms with Crippen molar-refractivity contribution in [2.45, 2.75) is 26.8 Å². The van der Waals surface area contributed by atoms with Crippen LogP contribution in [0.2, 0.25) is 0 Å². The third-order valence-corrected chi connectivity index (χ3v) is 5.03. The molecule has 1 fully saturated rings. The number of carbonyl (C=O) groups is 1. The lowest BCUT2D eigenvalue weighted by atomic mass is 9.92. The Morgan fingerprint density at radius 1 is 1.29 bits per heavy atom. The summed E-state index contributed by atoms with van der Waals surface area (Å²) in [5.41, 5.74) is 0.892. The summed E-state index contributed by atoms with van der Waals surface area (Å²) in [6, 6.07) is 3.46. The molecule has 112 valence electrons. The van der Waals surface area contributed by atoms with Crippen LogP contribution in [0.3, 0.4) is 0 Å². The number of amides is 1. The maximum atomic E-state index is 12.5. The Kier molecular flexibility index (Phi) is 3.85. The molecule has 0 aliphatic carbocycles. The fourth-order valence-corrected chi connectivity index (χ4v) is 4.10. The molecule has 1 aliphatic rings. The molecule has 0 radical (unpaired) electrons. The molecule has 2 aromatic heterocycles. The Labute approximate surface area is 128 Å². The van der Waals surface area contributed by atoms with Crippen molar-refractivity contribution in [1.29, 1.82) is 0 Å². The van der Waals surface area contributed by atoms with Crippen molar-refractivity contribution in [3.05, 3.63) is 33.9 Å². The van der Waals surface area contributed by atoms with Gasteiger partial charge in [0.05, 0.1) is 10.2 Å². The van der Waals surface area contributed by atoms with E-state index in [9.17, 15) is 9.59 Å². The number of carbonyl (C=O) groups excluding carboxylic acids is 1. The van der Waals surface area contributed by atoms with Crippen molar-refractivity contribution in [1.82, 2.24) is 9.47 Å². The number of pyridine rings is 1. The van der Waals surface area contributed by atoms with Crippen LogP contribution in [0, 0.1) is 11.8 Å². The number of aromatic nitrogens is 1. The van der Waals surface area contributed by atoms with Crippen LogP contribution in [-0.2, 0) is 11.3 Å². The van der Waals surface area contributed by atoms with E-state index in [1.165, 1.54) is 17.8 Å². The number of hydrogen-bond acceptors (Lipinski definition) is 3. The minimum atomic E-state index is 0.0314. The molecule has 4 nitrogen and oxygen atoms in total. The highest BCUT2D eigenvalue weighted by molar-refractivity contribution is 7.17. The first kappa shape index (κ1) is 14.3. The average Bonchev–Trinajstić information content (AvgIpc) is 2.91. The van der Waals surface area contributed by atoms with Gasteiger partial charge >= 0.3 is 0 Å². The second kappa shape index (κ2) is 5.64. The maximum absolute atomic E-state index is 12.5. The molecule has 2 atom stereocenters. The summed E-state index contributed by atoms with van der Waals surface area (Å²) in [5.74, 6) is 1.27. The first-order valence-electron chi connectivity index (χ1n) is 7.39. The molecule has 0 bridgehead atoms. The minimum Gasteiger partial charge on any atom is -0.341 e. The Hall–Kier alpha value is -1.62. The summed E-state index contributed by atoms with van der Waals surface area (Å²) >= 11 is 1.43. The Morgan fingerprint density at radius 2 is 2.00 bits per heavy atom. The number of fused-ring (bicyclic) bond motifs is 1. The molecule has 2 aromatic rings. The van der Waals surface area contributed by atoms with E-state index in [0.29, 0.717) is 18.4 Å². The summed E-state index contributed by atoms with van der Waals surface area (Å²) < 4.78 is 2.62. The highest BCUT2D eigenvalue weighted by atomic mass is 32.1. The van der Waals surface area contributed by atoms with E-state index in [2.05, 4.69) is 13.8 Å². The molecule has 1 amide bonds.